The fourth-order valence-electron chi connectivity index (χ4n) is 2.89. The van der Waals surface area contributed by atoms with Crippen LogP contribution in [0, 0.1) is 35.5 Å². The Morgan fingerprint density at radius 3 is 0.722 bits per heavy atom. The van der Waals surface area contributed by atoms with E-state index < -0.39 is 0 Å². The SMILES string of the molecule is [K+].[K+].[K+].[O-]c1ccc(C#Cc2cc(C#Cc3ccc([O-])cc3)cc(C#Cc3ccc([O-])cc3)c2)cc1. The Balaban J connectivity index is 0.00000216. The van der Waals surface area contributed by atoms with Gasteiger partial charge in [-0.15, -0.1) is 17.2 Å². The first-order valence-electron chi connectivity index (χ1n) is 10.1. The van der Waals surface area contributed by atoms with E-state index in [9.17, 15) is 15.3 Å². The van der Waals surface area contributed by atoms with Gasteiger partial charge < -0.3 is 15.3 Å². The summed E-state index contributed by atoms with van der Waals surface area (Å²) in [5.41, 5.74) is 4.36. The maximum Gasteiger partial charge on any atom is 1.00 e. The van der Waals surface area contributed by atoms with Gasteiger partial charge in [-0.25, -0.2) is 0 Å². The van der Waals surface area contributed by atoms with E-state index in [1.165, 1.54) is 36.4 Å². The molecule has 0 spiro atoms. The van der Waals surface area contributed by atoms with Crippen LogP contribution in [0.3, 0.4) is 0 Å². The van der Waals surface area contributed by atoms with Gasteiger partial charge in [0, 0.05) is 33.4 Å². The third kappa shape index (κ3) is 11.3. The van der Waals surface area contributed by atoms with Crippen LogP contribution < -0.4 is 169 Å². The second-order valence-electron chi connectivity index (χ2n) is 7.12. The molecule has 4 aromatic rings. The molecule has 6 heteroatoms. The first-order chi connectivity index (χ1) is 16.0. The van der Waals surface area contributed by atoms with Crippen LogP contribution in [0.25, 0.3) is 0 Å². The quantitative estimate of drug-likeness (QED) is 0.165. The summed E-state index contributed by atoms with van der Waals surface area (Å²) >= 11 is 0. The molecule has 0 saturated carbocycles. The minimum atomic E-state index is -0.0644. The van der Waals surface area contributed by atoms with E-state index >= 15 is 0 Å². The van der Waals surface area contributed by atoms with Crippen LogP contribution in [0.2, 0.25) is 0 Å². The van der Waals surface area contributed by atoms with Crippen molar-refractivity contribution in [3.8, 4) is 52.8 Å². The van der Waals surface area contributed by atoms with Crippen LogP contribution in [-0.2, 0) is 0 Å². The molecule has 4 aromatic carbocycles. The number of rotatable bonds is 0. The summed E-state index contributed by atoms with van der Waals surface area (Å²) in [7, 11) is 0. The minimum absolute atomic E-state index is 0. The number of hydrogen-bond donors (Lipinski definition) is 0. The number of benzene rings is 4. The van der Waals surface area contributed by atoms with Crippen molar-refractivity contribution in [1.82, 2.24) is 0 Å². The first kappa shape index (κ1) is 33.9. The maximum atomic E-state index is 11.3. The van der Waals surface area contributed by atoms with Gasteiger partial charge in [0.25, 0.3) is 0 Å². The standard InChI is InChI=1S/C30H18O3.3K/c31-28-13-7-22(8-14-28)1-4-25-19-26(5-2-23-9-15-29(32)16-10-23)21-27(20-25)6-3-24-11-17-30(33)18-12-24;;;/h7-21,31-33H;;;/q;3*+1/p-3. The van der Waals surface area contributed by atoms with E-state index in [-0.39, 0.29) is 171 Å². The van der Waals surface area contributed by atoms with E-state index in [0.717, 1.165) is 33.4 Å². The molecule has 0 radical (unpaired) electrons. The Morgan fingerprint density at radius 2 is 0.500 bits per heavy atom. The molecule has 0 N–H and O–H groups in total. The molecular formula is C30H15K3O3. The molecule has 36 heavy (non-hydrogen) atoms. The van der Waals surface area contributed by atoms with Crippen molar-refractivity contribution in [3.63, 3.8) is 0 Å². The molecular weight excluding hydrogens is 526 g/mol. The molecule has 3 nitrogen and oxygen atoms in total. The summed E-state index contributed by atoms with van der Waals surface area (Å²) in [6, 6.07) is 24.5. The van der Waals surface area contributed by atoms with Gasteiger partial charge in [0.2, 0.25) is 0 Å². The summed E-state index contributed by atoms with van der Waals surface area (Å²) in [4.78, 5) is 0. The second kappa shape index (κ2) is 17.5. The van der Waals surface area contributed by atoms with Gasteiger partial charge in [0.1, 0.15) is 0 Å². The van der Waals surface area contributed by atoms with Crippen LogP contribution >= 0.6 is 0 Å². The summed E-state index contributed by atoms with van der Waals surface area (Å²) in [6.45, 7) is 0. The molecule has 0 saturated heterocycles. The fraction of sp³-hybridized carbons (Fsp3) is 0. The molecule has 0 fully saturated rings. The van der Waals surface area contributed by atoms with Gasteiger partial charge in [0.15, 0.2) is 0 Å². The molecule has 0 aliphatic heterocycles. The number of hydrogen-bond acceptors (Lipinski definition) is 3. The molecule has 0 heterocycles. The van der Waals surface area contributed by atoms with Crippen molar-refractivity contribution in [3.05, 3.63) is 124 Å². The van der Waals surface area contributed by atoms with Crippen molar-refractivity contribution >= 4 is 0 Å². The summed E-state index contributed by atoms with van der Waals surface area (Å²) in [5, 5.41) is 33.9. The predicted molar refractivity (Wildman–Crippen MR) is 122 cm³/mol. The topological polar surface area (TPSA) is 69.2 Å². The van der Waals surface area contributed by atoms with Crippen molar-refractivity contribution in [2.45, 2.75) is 0 Å². The Kier molecular flexibility index (Phi) is 16.4. The monoisotopic (exact) mass is 540 g/mol. The van der Waals surface area contributed by atoms with Gasteiger partial charge in [-0.05, 0) is 54.6 Å². The van der Waals surface area contributed by atoms with Crippen molar-refractivity contribution < 1.29 is 169 Å². The van der Waals surface area contributed by atoms with Gasteiger partial charge in [-0.1, -0.05) is 71.9 Å². The molecule has 0 aliphatic carbocycles. The van der Waals surface area contributed by atoms with Gasteiger partial charge in [-0.3, -0.25) is 0 Å². The molecule has 0 aromatic heterocycles. The summed E-state index contributed by atoms with van der Waals surface area (Å²) in [6.07, 6.45) is 0. The van der Waals surface area contributed by atoms with Crippen molar-refractivity contribution in [1.29, 1.82) is 0 Å². The average molecular weight is 541 g/mol. The van der Waals surface area contributed by atoms with Gasteiger partial charge in [0.05, 0.1) is 0 Å². The zero-order chi connectivity index (χ0) is 23.0. The first-order valence-corrected chi connectivity index (χ1v) is 10.1. The Labute approximate surface area is 339 Å². The minimum Gasteiger partial charge on any atom is -0.872 e. The smallest absolute Gasteiger partial charge is 0.872 e. The molecule has 0 atom stereocenters. The van der Waals surface area contributed by atoms with Gasteiger partial charge in [-0.2, -0.15) is 0 Å². The van der Waals surface area contributed by atoms with Crippen LogP contribution in [0.5, 0.6) is 17.2 Å². The molecule has 0 aliphatic rings. The van der Waals surface area contributed by atoms with E-state index in [1.54, 1.807) is 36.4 Å². The Morgan fingerprint density at radius 1 is 0.306 bits per heavy atom. The van der Waals surface area contributed by atoms with E-state index in [0.29, 0.717) is 0 Å². The average Bonchev–Trinajstić information content (AvgIpc) is 2.83. The summed E-state index contributed by atoms with van der Waals surface area (Å²) < 4.78 is 0. The molecule has 4 rings (SSSR count). The zero-order valence-electron chi connectivity index (χ0n) is 20.4. The van der Waals surface area contributed by atoms with Crippen molar-refractivity contribution in [2.24, 2.45) is 0 Å². The van der Waals surface area contributed by atoms with E-state index in [2.05, 4.69) is 35.5 Å². The third-order valence-corrected chi connectivity index (χ3v) is 4.55. The Bertz CT molecular complexity index is 1280. The molecule has 0 amide bonds. The fourth-order valence-corrected chi connectivity index (χ4v) is 2.89. The normalized spacial score (nSPS) is 8.67. The van der Waals surface area contributed by atoms with Crippen LogP contribution in [0.1, 0.15) is 33.4 Å². The van der Waals surface area contributed by atoms with Crippen LogP contribution in [0.15, 0.2) is 91.0 Å². The maximum absolute atomic E-state index is 11.3. The molecule has 0 unspecified atom stereocenters. The molecule has 0 bridgehead atoms. The Hall–Kier alpha value is -0.131. The van der Waals surface area contributed by atoms with E-state index in [1.807, 2.05) is 18.2 Å². The van der Waals surface area contributed by atoms with Crippen LogP contribution in [-0.4, -0.2) is 0 Å². The van der Waals surface area contributed by atoms with Crippen LogP contribution in [0.4, 0.5) is 0 Å². The van der Waals surface area contributed by atoms with Gasteiger partial charge >= 0.3 is 154 Å². The summed E-state index contributed by atoms with van der Waals surface area (Å²) in [5.74, 6) is 18.3. The third-order valence-electron chi connectivity index (χ3n) is 4.55. The zero-order valence-corrected chi connectivity index (χ0v) is 29.8. The largest absolute Gasteiger partial charge is 1.00 e. The predicted octanol–water partition coefficient (Wildman–Crippen LogP) is -5.88. The van der Waals surface area contributed by atoms with Crippen molar-refractivity contribution in [2.75, 3.05) is 0 Å². The second-order valence-corrected chi connectivity index (χ2v) is 7.12. The van der Waals surface area contributed by atoms with E-state index in [4.69, 9.17) is 0 Å². The molecule has 156 valence electrons.